The summed E-state index contributed by atoms with van der Waals surface area (Å²) in [6.07, 6.45) is 6.99. The van der Waals surface area contributed by atoms with Crippen molar-refractivity contribution in [3.05, 3.63) is 94.6 Å². The van der Waals surface area contributed by atoms with Gasteiger partial charge in [-0.05, 0) is 0 Å². The van der Waals surface area contributed by atoms with Crippen molar-refractivity contribution in [2.75, 3.05) is 0 Å². The minimum atomic E-state index is -0.0141. The van der Waals surface area contributed by atoms with Crippen molar-refractivity contribution < 1.29 is 57.7 Å². The van der Waals surface area contributed by atoms with E-state index in [1.165, 1.54) is 27.8 Å². The predicted octanol–water partition coefficient (Wildman–Crippen LogP) is -2.30. The van der Waals surface area contributed by atoms with Crippen molar-refractivity contribution in [1.82, 2.24) is 0 Å². The molecule has 28 heavy (non-hydrogen) atoms. The minimum Gasteiger partial charge on any atom is -1.00 e. The Morgan fingerprint density at radius 3 is 1.68 bits per heavy atom. The van der Waals surface area contributed by atoms with Gasteiger partial charge in [0, 0.05) is 0 Å². The van der Waals surface area contributed by atoms with Gasteiger partial charge in [-0.3, -0.25) is 0 Å². The molecule has 0 fully saturated rings. The molecule has 148 valence electrons. The first kappa shape index (κ1) is 27.5. The van der Waals surface area contributed by atoms with E-state index in [4.69, 9.17) is 0 Å². The summed E-state index contributed by atoms with van der Waals surface area (Å²) >= 11 is 2.41. The Labute approximate surface area is 200 Å². The number of halogens is 3. The maximum Gasteiger partial charge on any atom is -1.00 e. The monoisotopic (exact) mass is 468 g/mol. The Morgan fingerprint density at radius 1 is 0.821 bits per heavy atom. The number of hydrogen-bond acceptors (Lipinski definition) is 0. The maximum absolute atomic E-state index is 2.41. The molecule has 0 saturated carbocycles. The van der Waals surface area contributed by atoms with E-state index in [1.54, 1.807) is 0 Å². The van der Waals surface area contributed by atoms with Crippen LogP contribution in [0.4, 0.5) is 0 Å². The molecule has 0 aliphatic heterocycles. The molecule has 0 heterocycles. The first-order chi connectivity index (χ1) is 11.7. The summed E-state index contributed by atoms with van der Waals surface area (Å²) in [5.74, 6) is 0.316. The number of aryl methyl sites for hydroxylation is 2. The van der Waals surface area contributed by atoms with Crippen molar-refractivity contribution in [3.8, 4) is 0 Å². The zero-order chi connectivity index (χ0) is 18.2. The third kappa shape index (κ3) is 5.56. The van der Waals surface area contributed by atoms with Crippen LogP contribution in [0.3, 0.4) is 0 Å². The fraction of sp³-hybridized carbons (Fsp3) is 0.333. The average molecular weight is 470 g/mol. The third-order valence-corrected chi connectivity index (χ3v) is 6.21. The summed E-state index contributed by atoms with van der Waals surface area (Å²) in [7, 11) is 0. The number of rotatable bonds is 3. The fourth-order valence-electron chi connectivity index (χ4n) is 4.06. The molecule has 0 N–H and O–H groups in total. The summed E-state index contributed by atoms with van der Waals surface area (Å²) < 4.78 is -0.0141. The Balaban J connectivity index is 0.00000243. The second kappa shape index (κ2) is 10.5. The van der Waals surface area contributed by atoms with Crippen LogP contribution in [0, 0.1) is 19.3 Å². The molecule has 1 aliphatic carbocycles. The van der Waals surface area contributed by atoms with E-state index in [2.05, 4.69) is 122 Å². The van der Waals surface area contributed by atoms with Crippen LogP contribution in [0.5, 0.6) is 0 Å². The van der Waals surface area contributed by atoms with Gasteiger partial charge in [0.25, 0.3) is 0 Å². The first-order valence-corrected chi connectivity index (χ1v) is 9.78. The van der Waals surface area contributed by atoms with Gasteiger partial charge in [0.05, 0.1) is 0 Å². The molecule has 3 rings (SSSR count). The van der Waals surface area contributed by atoms with Crippen LogP contribution >= 0.6 is 0 Å². The topological polar surface area (TPSA) is 0 Å². The minimum absolute atomic E-state index is 0. The molecule has 4 heteroatoms. The zero-order valence-corrected chi connectivity index (χ0v) is 20.9. The van der Waals surface area contributed by atoms with Crippen LogP contribution in [0.2, 0.25) is 3.72 Å². The van der Waals surface area contributed by atoms with Crippen LogP contribution in [0.25, 0.3) is 0 Å². The molecule has 0 amide bonds. The summed E-state index contributed by atoms with van der Waals surface area (Å²) in [5.41, 5.74) is 7.09. The second-order valence-corrected chi connectivity index (χ2v) is 9.61. The molecule has 0 nitrogen and oxygen atoms in total. The SMILES string of the molecule is Cc1cccc(C(c2cccc(C)c2)[C]2([Ti+3])C=CC=C2C(C)(C)C)c1.[Cl-].[Cl-].[Cl-]. The second-order valence-electron chi connectivity index (χ2n) is 8.32. The molecular formula is C24H27Cl3Ti. The first-order valence-electron chi connectivity index (χ1n) is 9.00. The van der Waals surface area contributed by atoms with E-state index >= 15 is 0 Å². The largest absolute Gasteiger partial charge is 1.00 e. The zero-order valence-electron chi connectivity index (χ0n) is 17.1. The molecule has 0 spiro atoms. The molecule has 0 radical (unpaired) electrons. The molecule has 1 atom stereocenters. The van der Waals surface area contributed by atoms with Crippen LogP contribution in [0.1, 0.15) is 48.9 Å². The molecule has 0 bridgehead atoms. The Bertz CT molecular complexity index is 803. The van der Waals surface area contributed by atoms with E-state index < -0.39 is 0 Å². The smallest absolute Gasteiger partial charge is 1.00 e. The molecule has 1 aliphatic rings. The summed E-state index contributed by atoms with van der Waals surface area (Å²) in [6, 6.07) is 18.0. The van der Waals surface area contributed by atoms with Crippen LogP contribution in [0.15, 0.2) is 72.3 Å². The van der Waals surface area contributed by atoms with E-state index in [9.17, 15) is 0 Å². The van der Waals surface area contributed by atoms with Crippen molar-refractivity contribution in [2.45, 2.75) is 44.3 Å². The van der Waals surface area contributed by atoms with Gasteiger partial charge in [-0.1, -0.05) is 0 Å². The van der Waals surface area contributed by atoms with Gasteiger partial charge in [0.1, 0.15) is 0 Å². The summed E-state index contributed by atoms with van der Waals surface area (Å²) in [5, 5.41) is 0. The Kier molecular flexibility index (Phi) is 10.3. The van der Waals surface area contributed by atoms with Gasteiger partial charge in [-0.2, -0.15) is 0 Å². The molecule has 0 saturated heterocycles. The van der Waals surface area contributed by atoms with Gasteiger partial charge >= 0.3 is 165 Å². The Hall–Kier alpha value is -0.496. The van der Waals surface area contributed by atoms with E-state index in [0.29, 0.717) is 5.92 Å². The average Bonchev–Trinajstić information content (AvgIpc) is 2.90. The standard InChI is InChI=1S/C24H27.3ClH.Ti/c1-17-9-6-11-19(15-17)23(20-12-7-10-18(2)16-20)21-13-8-14-22(21)24(3,4)5;;;;/h6-16,23H,1-5H3;3*1H;/q;;;;+3/p-3. The van der Waals surface area contributed by atoms with Crippen LogP contribution < -0.4 is 37.2 Å². The third-order valence-electron chi connectivity index (χ3n) is 5.08. The summed E-state index contributed by atoms with van der Waals surface area (Å²) in [4.78, 5) is 0. The summed E-state index contributed by atoms with van der Waals surface area (Å²) in [6.45, 7) is 11.4. The predicted molar refractivity (Wildman–Crippen MR) is 104 cm³/mol. The van der Waals surface area contributed by atoms with Crippen molar-refractivity contribution in [3.63, 3.8) is 0 Å². The van der Waals surface area contributed by atoms with Gasteiger partial charge in [-0.25, -0.2) is 0 Å². The van der Waals surface area contributed by atoms with Crippen molar-refractivity contribution in [1.29, 1.82) is 0 Å². The normalized spacial score (nSPS) is 18.1. The fourth-order valence-corrected chi connectivity index (χ4v) is 5.45. The van der Waals surface area contributed by atoms with Gasteiger partial charge in [0.15, 0.2) is 0 Å². The van der Waals surface area contributed by atoms with Crippen molar-refractivity contribution in [2.24, 2.45) is 5.41 Å². The van der Waals surface area contributed by atoms with E-state index in [0.717, 1.165) is 0 Å². The van der Waals surface area contributed by atoms with Gasteiger partial charge < -0.3 is 37.2 Å². The number of hydrogen-bond donors (Lipinski definition) is 0. The molecule has 2 aromatic rings. The van der Waals surface area contributed by atoms with Gasteiger partial charge in [0.2, 0.25) is 0 Å². The number of benzene rings is 2. The van der Waals surface area contributed by atoms with E-state index in [-0.39, 0.29) is 46.4 Å². The quantitative estimate of drug-likeness (QED) is 0.444. The van der Waals surface area contributed by atoms with Crippen LogP contribution in [-0.4, -0.2) is 0 Å². The van der Waals surface area contributed by atoms with Gasteiger partial charge in [-0.15, -0.1) is 0 Å². The molecule has 1 unspecified atom stereocenters. The van der Waals surface area contributed by atoms with E-state index in [1.807, 2.05) is 0 Å². The Morgan fingerprint density at radius 2 is 1.29 bits per heavy atom. The molecule has 2 aromatic carbocycles. The number of allylic oxidation sites excluding steroid dienone is 4. The van der Waals surface area contributed by atoms with Crippen LogP contribution in [-0.2, 0) is 20.4 Å². The molecule has 0 aromatic heterocycles. The maximum atomic E-state index is 2.41. The van der Waals surface area contributed by atoms with Crippen molar-refractivity contribution >= 4 is 0 Å². The molecular weight excluding hydrogens is 442 g/mol.